The number of hydrogen-bond acceptors (Lipinski definition) is 6. The molecule has 2 amide bonds. The zero-order chi connectivity index (χ0) is 20.5. The van der Waals surface area contributed by atoms with Crippen molar-refractivity contribution in [1.82, 2.24) is 5.32 Å². The van der Waals surface area contributed by atoms with Gasteiger partial charge in [-0.05, 0) is 58.5 Å². The van der Waals surface area contributed by atoms with E-state index in [1.807, 2.05) is 4.90 Å². The molecule has 2 saturated heterocycles. The Kier molecular flexibility index (Phi) is 5.86. The number of benzene rings is 1. The van der Waals surface area contributed by atoms with Crippen molar-refractivity contribution in [2.45, 2.75) is 0 Å². The summed E-state index contributed by atoms with van der Waals surface area (Å²) in [5, 5.41) is 2.60. The lowest BCUT2D eigenvalue weighted by atomic mass is 10.1. The summed E-state index contributed by atoms with van der Waals surface area (Å²) < 4.78 is 12.9. The zero-order valence-corrected chi connectivity index (χ0v) is 19.0. The number of amides is 2. The van der Waals surface area contributed by atoms with Gasteiger partial charge in [0.25, 0.3) is 11.8 Å². The molecule has 0 radical (unpaired) electrons. The number of ether oxygens (including phenoxy) is 1. The first kappa shape index (κ1) is 20.3. The number of carbonyl (C=O) groups is 2. The van der Waals surface area contributed by atoms with E-state index in [0.29, 0.717) is 43.6 Å². The molecular weight excluding hydrogens is 526 g/mol. The van der Waals surface area contributed by atoms with Crippen molar-refractivity contribution >= 4 is 78.7 Å². The molecule has 0 spiro atoms. The van der Waals surface area contributed by atoms with Crippen LogP contribution in [0, 0.1) is 0 Å². The molecule has 3 heterocycles. The highest BCUT2D eigenvalue weighted by Gasteiger charge is 2.35. The molecule has 1 aromatic carbocycles. The molecule has 0 atom stereocenters. The number of morpholine rings is 1. The van der Waals surface area contributed by atoms with Gasteiger partial charge in [-0.15, -0.1) is 0 Å². The summed E-state index contributed by atoms with van der Waals surface area (Å²) in [5.74, 6) is -0.0418. The predicted molar refractivity (Wildman–Crippen MR) is 120 cm³/mol. The summed E-state index contributed by atoms with van der Waals surface area (Å²) >= 11 is 12.1. The first-order valence-electron chi connectivity index (χ1n) is 8.73. The summed E-state index contributed by atoms with van der Waals surface area (Å²) in [6, 6.07) is 8.80. The van der Waals surface area contributed by atoms with Crippen LogP contribution in [0.1, 0.15) is 5.76 Å². The lowest BCUT2D eigenvalue weighted by molar-refractivity contribution is -0.122. The summed E-state index contributed by atoms with van der Waals surface area (Å²) in [5.41, 5.74) is 0.500. The Hall–Kier alpha value is -2.01. The number of halogens is 2. The van der Waals surface area contributed by atoms with Crippen molar-refractivity contribution in [2.24, 2.45) is 0 Å². The summed E-state index contributed by atoms with van der Waals surface area (Å²) in [7, 11) is 0. The fourth-order valence-corrected chi connectivity index (χ4v) is 4.16. The van der Waals surface area contributed by atoms with Gasteiger partial charge in [0, 0.05) is 23.6 Å². The average Bonchev–Trinajstić information content (AvgIpc) is 3.07. The van der Waals surface area contributed by atoms with Crippen molar-refractivity contribution in [2.75, 3.05) is 36.1 Å². The third kappa shape index (κ3) is 4.16. The standard InChI is InChI=1S/C19H15Br2N3O4S/c20-11-1-3-12(4-2-11)24-17(26)14(16(25)22-19(24)29)9-13-10-15(21)18(28-13)23-5-7-27-8-6-23/h1-4,9-10H,5-8H2,(H,22,25,29)/b14-9+. The molecule has 10 heteroatoms. The Labute approximate surface area is 188 Å². The average molecular weight is 541 g/mol. The normalized spacial score (nSPS) is 19.1. The molecule has 1 aromatic heterocycles. The van der Waals surface area contributed by atoms with Crippen LogP contribution in [-0.4, -0.2) is 43.2 Å². The molecule has 0 aliphatic carbocycles. The number of hydrogen-bond donors (Lipinski definition) is 1. The van der Waals surface area contributed by atoms with Crippen LogP contribution >= 0.6 is 44.1 Å². The Morgan fingerprint density at radius 1 is 1.10 bits per heavy atom. The van der Waals surface area contributed by atoms with Crippen LogP contribution in [0.2, 0.25) is 0 Å². The predicted octanol–water partition coefficient (Wildman–Crippen LogP) is 3.47. The van der Waals surface area contributed by atoms with Gasteiger partial charge in [-0.25, -0.2) is 0 Å². The third-order valence-corrected chi connectivity index (χ3v) is 5.84. The van der Waals surface area contributed by atoms with Gasteiger partial charge in [-0.1, -0.05) is 15.9 Å². The maximum absolute atomic E-state index is 13.0. The first-order chi connectivity index (χ1) is 13.9. The SMILES string of the molecule is O=C1NC(=S)N(c2ccc(Br)cc2)C(=O)/C1=C/c1cc(Br)c(N2CCOCC2)o1. The van der Waals surface area contributed by atoms with Crippen molar-refractivity contribution in [3.63, 3.8) is 0 Å². The Balaban J connectivity index is 1.65. The lowest BCUT2D eigenvalue weighted by Gasteiger charge is -2.28. The van der Waals surface area contributed by atoms with E-state index in [1.165, 1.54) is 11.0 Å². The van der Waals surface area contributed by atoms with E-state index >= 15 is 0 Å². The molecule has 4 rings (SSSR count). The third-order valence-electron chi connectivity index (χ3n) is 4.46. The van der Waals surface area contributed by atoms with E-state index in [1.54, 1.807) is 30.3 Å². The van der Waals surface area contributed by atoms with Gasteiger partial charge in [0.15, 0.2) is 5.11 Å². The maximum atomic E-state index is 13.0. The number of nitrogens with zero attached hydrogens (tertiary/aromatic N) is 2. The van der Waals surface area contributed by atoms with Gasteiger partial charge < -0.3 is 14.1 Å². The molecule has 7 nitrogen and oxygen atoms in total. The first-order valence-corrected chi connectivity index (χ1v) is 10.7. The van der Waals surface area contributed by atoms with Crippen molar-refractivity contribution in [3.05, 3.63) is 50.6 Å². The smallest absolute Gasteiger partial charge is 0.270 e. The number of rotatable bonds is 3. The fourth-order valence-electron chi connectivity index (χ4n) is 3.05. The highest BCUT2D eigenvalue weighted by molar-refractivity contribution is 9.10. The van der Waals surface area contributed by atoms with E-state index in [9.17, 15) is 9.59 Å². The van der Waals surface area contributed by atoms with E-state index < -0.39 is 11.8 Å². The van der Waals surface area contributed by atoms with Crippen LogP contribution in [0.4, 0.5) is 11.6 Å². The molecule has 2 aliphatic rings. The second-order valence-electron chi connectivity index (χ2n) is 6.34. The molecule has 150 valence electrons. The van der Waals surface area contributed by atoms with Crippen molar-refractivity contribution in [3.8, 4) is 0 Å². The topological polar surface area (TPSA) is 75.0 Å². The number of carbonyl (C=O) groups excluding carboxylic acids is 2. The van der Waals surface area contributed by atoms with Crippen molar-refractivity contribution in [1.29, 1.82) is 0 Å². The second kappa shape index (κ2) is 8.39. The van der Waals surface area contributed by atoms with Crippen LogP contribution in [0.5, 0.6) is 0 Å². The molecule has 1 N–H and O–H groups in total. The van der Waals surface area contributed by atoms with E-state index in [0.717, 1.165) is 8.95 Å². The molecule has 2 aromatic rings. The number of furan rings is 1. The van der Waals surface area contributed by atoms with Gasteiger partial charge in [-0.3, -0.25) is 19.8 Å². The Morgan fingerprint density at radius 3 is 2.48 bits per heavy atom. The van der Waals surface area contributed by atoms with Crippen LogP contribution in [0.25, 0.3) is 6.08 Å². The Bertz CT molecular complexity index is 1010. The number of anilines is 2. The summed E-state index contributed by atoms with van der Waals surface area (Å²) in [6.45, 7) is 2.63. The highest BCUT2D eigenvalue weighted by Crippen LogP contribution is 2.32. The largest absolute Gasteiger partial charge is 0.440 e. The van der Waals surface area contributed by atoms with Gasteiger partial charge >= 0.3 is 0 Å². The zero-order valence-electron chi connectivity index (χ0n) is 15.0. The molecule has 2 aliphatic heterocycles. The fraction of sp³-hybridized carbons (Fsp3) is 0.211. The lowest BCUT2D eigenvalue weighted by Crippen LogP contribution is -2.54. The van der Waals surface area contributed by atoms with Crippen molar-refractivity contribution < 1.29 is 18.7 Å². The Morgan fingerprint density at radius 2 is 1.79 bits per heavy atom. The minimum Gasteiger partial charge on any atom is -0.440 e. The van der Waals surface area contributed by atoms with Gasteiger partial charge in [0.05, 0.1) is 23.4 Å². The molecule has 0 bridgehead atoms. The molecule has 29 heavy (non-hydrogen) atoms. The monoisotopic (exact) mass is 539 g/mol. The van der Waals surface area contributed by atoms with Gasteiger partial charge in [0.2, 0.25) is 5.88 Å². The minimum atomic E-state index is -0.561. The van der Waals surface area contributed by atoms with Crippen LogP contribution in [0.3, 0.4) is 0 Å². The van der Waals surface area contributed by atoms with E-state index in [-0.39, 0.29) is 10.7 Å². The highest BCUT2D eigenvalue weighted by atomic mass is 79.9. The van der Waals surface area contributed by atoms with Gasteiger partial charge in [-0.2, -0.15) is 0 Å². The summed E-state index contributed by atoms with van der Waals surface area (Å²) in [4.78, 5) is 28.8. The maximum Gasteiger partial charge on any atom is 0.270 e. The van der Waals surface area contributed by atoms with Crippen LogP contribution in [0.15, 0.2) is 49.3 Å². The summed E-state index contributed by atoms with van der Waals surface area (Å²) in [6.07, 6.45) is 1.43. The van der Waals surface area contributed by atoms with E-state index in [4.69, 9.17) is 21.4 Å². The van der Waals surface area contributed by atoms with Crippen LogP contribution in [-0.2, 0) is 14.3 Å². The number of thiocarbonyl (C=S) groups is 1. The van der Waals surface area contributed by atoms with E-state index in [2.05, 4.69) is 37.2 Å². The molecule has 0 unspecified atom stereocenters. The molecular formula is C19H15Br2N3O4S. The molecule has 2 fully saturated rings. The number of nitrogens with one attached hydrogen (secondary N) is 1. The minimum absolute atomic E-state index is 0.0362. The second-order valence-corrected chi connectivity index (χ2v) is 8.49. The molecule has 0 saturated carbocycles. The van der Waals surface area contributed by atoms with Gasteiger partial charge in [0.1, 0.15) is 11.3 Å². The van der Waals surface area contributed by atoms with Crippen LogP contribution < -0.4 is 15.1 Å². The quantitative estimate of drug-likeness (QED) is 0.365.